The van der Waals surface area contributed by atoms with Gasteiger partial charge in [0, 0.05) is 19.3 Å². The summed E-state index contributed by atoms with van der Waals surface area (Å²) in [6, 6.07) is 0. The molecule has 5 nitrogen and oxygen atoms in total. The van der Waals surface area contributed by atoms with Crippen LogP contribution in [0.4, 0.5) is 0 Å². The number of hydrogen-bond acceptors (Lipinski definition) is 5. The summed E-state index contributed by atoms with van der Waals surface area (Å²) < 4.78 is 23.1. The number of ether oxygens (including phenoxy) is 4. The van der Waals surface area contributed by atoms with Gasteiger partial charge in [0.25, 0.3) is 0 Å². The van der Waals surface area contributed by atoms with E-state index in [1.54, 1.807) is 12.3 Å². The summed E-state index contributed by atoms with van der Waals surface area (Å²) in [5.74, 6) is -0.593. The molecule has 98 valence electrons. The second kappa shape index (κ2) is 3.15. The summed E-state index contributed by atoms with van der Waals surface area (Å²) in [5.41, 5.74) is -1.44. The third-order valence-corrected chi connectivity index (χ3v) is 4.93. The largest absolute Gasteiger partial charge is 0.473 e. The van der Waals surface area contributed by atoms with Crippen LogP contribution in [0.25, 0.3) is 0 Å². The van der Waals surface area contributed by atoms with Crippen LogP contribution in [-0.2, 0) is 23.7 Å². The van der Waals surface area contributed by atoms with Crippen molar-refractivity contribution in [2.24, 2.45) is 5.41 Å². The first-order valence-electron chi connectivity index (χ1n) is 6.44. The lowest BCUT2D eigenvalue weighted by Crippen LogP contribution is -2.65. The fourth-order valence-corrected chi connectivity index (χ4v) is 3.95. The molecule has 3 atom stereocenters. The van der Waals surface area contributed by atoms with E-state index in [0.29, 0.717) is 32.5 Å². The van der Waals surface area contributed by atoms with Crippen molar-refractivity contribution in [1.82, 2.24) is 0 Å². The number of carbonyl (C=O) groups is 1. The summed E-state index contributed by atoms with van der Waals surface area (Å²) >= 11 is 0. The molecule has 0 aromatic rings. The van der Waals surface area contributed by atoms with Gasteiger partial charge in [-0.1, -0.05) is 6.92 Å². The molecule has 18 heavy (non-hydrogen) atoms. The molecule has 2 bridgehead atoms. The van der Waals surface area contributed by atoms with Crippen LogP contribution in [0.1, 0.15) is 26.2 Å². The van der Waals surface area contributed by atoms with Crippen LogP contribution < -0.4 is 0 Å². The quantitative estimate of drug-likeness (QED) is 0.647. The van der Waals surface area contributed by atoms with Crippen LogP contribution in [0.5, 0.6) is 0 Å². The Labute approximate surface area is 105 Å². The average Bonchev–Trinajstić information content (AvgIpc) is 2.91. The lowest BCUT2D eigenvalue weighted by Gasteiger charge is -2.52. The number of fused-ring (bicyclic) bond motifs is 2. The molecule has 0 aromatic heterocycles. The lowest BCUT2D eigenvalue weighted by molar-refractivity contribution is -0.273. The Morgan fingerprint density at radius 1 is 1.33 bits per heavy atom. The number of hydrogen-bond donors (Lipinski definition) is 0. The van der Waals surface area contributed by atoms with Crippen LogP contribution in [-0.4, -0.2) is 36.7 Å². The first-order valence-corrected chi connectivity index (χ1v) is 6.44. The Morgan fingerprint density at radius 2 is 2.11 bits per heavy atom. The van der Waals surface area contributed by atoms with E-state index in [-0.39, 0.29) is 12.1 Å². The van der Waals surface area contributed by atoms with Crippen molar-refractivity contribution in [3.8, 4) is 0 Å². The first-order chi connectivity index (χ1) is 8.62. The molecule has 1 aliphatic carbocycles. The van der Waals surface area contributed by atoms with Gasteiger partial charge in [0.05, 0.1) is 24.9 Å². The minimum atomic E-state index is -0.932. The maximum Gasteiger partial charge on any atom is 0.201 e. The van der Waals surface area contributed by atoms with Gasteiger partial charge in [0.2, 0.25) is 6.29 Å². The second-order valence-corrected chi connectivity index (χ2v) is 5.63. The van der Waals surface area contributed by atoms with E-state index in [1.165, 1.54) is 0 Å². The summed E-state index contributed by atoms with van der Waals surface area (Å²) in [6.07, 6.45) is 4.61. The Balaban J connectivity index is 1.89. The summed E-state index contributed by atoms with van der Waals surface area (Å²) in [7, 11) is 0. The summed E-state index contributed by atoms with van der Waals surface area (Å²) in [6.45, 7) is 3.18. The highest BCUT2D eigenvalue weighted by molar-refractivity contribution is 5.92. The minimum Gasteiger partial charge on any atom is -0.473 e. The fourth-order valence-electron chi connectivity index (χ4n) is 3.95. The van der Waals surface area contributed by atoms with Crippen LogP contribution in [0, 0.1) is 5.41 Å². The van der Waals surface area contributed by atoms with Crippen molar-refractivity contribution in [2.45, 2.75) is 43.9 Å². The van der Waals surface area contributed by atoms with Gasteiger partial charge in [-0.2, -0.15) is 0 Å². The summed E-state index contributed by atoms with van der Waals surface area (Å²) in [5, 5.41) is 0. The monoisotopic (exact) mass is 252 g/mol. The molecule has 3 aliphatic heterocycles. The zero-order valence-electron chi connectivity index (χ0n) is 10.3. The predicted molar refractivity (Wildman–Crippen MR) is 59.4 cm³/mol. The van der Waals surface area contributed by atoms with E-state index >= 15 is 0 Å². The topological polar surface area (TPSA) is 54.0 Å². The number of carbonyl (C=O) groups excluding carboxylic acids is 1. The van der Waals surface area contributed by atoms with Gasteiger partial charge in [-0.3, -0.25) is 4.79 Å². The number of rotatable bonds is 0. The van der Waals surface area contributed by atoms with Crippen molar-refractivity contribution in [2.75, 3.05) is 13.2 Å². The lowest BCUT2D eigenvalue weighted by atomic mass is 9.59. The molecule has 3 fully saturated rings. The normalized spacial score (nSPS) is 48.3. The SMILES string of the molecule is C[C@]12C[C@@H]3OC=C[C@]1(O3)C(=O)CCC21OCCO1. The van der Waals surface area contributed by atoms with E-state index < -0.39 is 16.8 Å². The standard InChI is InChI=1S/C13H16O5/c1-11-8-10-15-5-4-12(11,18-10)9(14)2-3-13(11)16-6-7-17-13/h4-5,10H,2-3,6-8H2,1H3/t10-,11+,12+/m1/s1. The zero-order chi connectivity index (χ0) is 12.4. The molecule has 1 saturated carbocycles. The molecule has 2 saturated heterocycles. The molecule has 5 heteroatoms. The van der Waals surface area contributed by atoms with E-state index in [2.05, 4.69) is 0 Å². The van der Waals surface area contributed by atoms with Gasteiger partial charge in [0.1, 0.15) is 0 Å². The molecule has 0 aromatic carbocycles. The second-order valence-electron chi connectivity index (χ2n) is 5.63. The molecule has 2 spiro atoms. The van der Waals surface area contributed by atoms with Crippen LogP contribution in [0.15, 0.2) is 12.3 Å². The third-order valence-electron chi connectivity index (χ3n) is 4.93. The zero-order valence-corrected chi connectivity index (χ0v) is 10.3. The maximum atomic E-state index is 12.4. The molecule has 3 heterocycles. The Hall–Kier alpha value is -0.910. The molecular weight excluding hydrogens is 236 g/mol. The van der Waals surface area contributed by atoms with Crippen molar-refractivity contribution in [1.29, 1.82) is 0 Å². The number of ketones is 1. The highest BCUT2D eigenvalue weighted by atomic mass is 16.7. The highest BCUT2D eigenvalue weighted by Gasteiger charge is 2.74. The maximum absolute atomic E-state index is 12.4. The van der Waals surface area contributed by atoms with Gasteiger partial charge in [0.15, 0.2) is 17.2 Å². The third kappa shape index (κ3) is 0.987. The number of Topliss-reactive ketones (excluding diaryl/α,β-unsaturated/α-hetero) is 1. The molecule has 0 N–H and O–H groups in total. The van der Waals surface area contributed by atoms with E-state index in [1.807, 2.05) is 6.92 Å². The van der Waals surface area contributed by atoms with Gasteiger partial charge >= 0.3 is 0 Å². The van der Waals surface area contributed by atoms with E-state index in [9.17, 15) is 4.79 Å². The van der Waals surface area contributed by atoms with E-state index in [4.69, 9.17) is 18.9 Å². The summed E-state index contributed by atoms with van der Waals surface area (Å²) in [4.78, 5) is 12.4. The van der Waals surface area contributed by atoms with Gasteiger partial charge in [-0.25, -0.2) is 0 Å². The van der Waals surface area contributed by atoms with Crippen molar-refractivity contribution in [3.05, 3.63) is 12.3 Å². The van der Waals surface area contributed by atoms with Crippen molar-refractivity contribution >= 4 is 5.78 Å². The van der Waals surface area contributed by atoms with Crippen LogP contribution >= 0.6 is 0 Å². The molecule has 4 aliphatic rings. The van der Waals surface area contributed by atoms with Crippen LogP contribution in [0.2, 0.25) is 0 Å². The van der Waals surface area contributed by atoms with Crippen molar-refractivity contribution in [3.63, 3.8) is 0 Å². The Kier molecular flexibility index (Phi) is 1.92. The van der Waals surface area contributed by atoms with Crippen molar-refractivity contribution < 1.29 is 23.7 Å². The molecule has 0 amide bonds. The van der Waals surface area contributed by atoms with Gasteiger partial charge in [-0.05, 0) is 6.08 Å². The first kappa shape index (κ1) is 11.0. The average molecular weight is 252 g/mol. The molecule has 4 rings (SSSR count). The smallest absolute Gasteiger partial charge is 0.201 e. The van der Waals surface area contributed by atoms with Crippen LogP contribution in [0.3, 0.4) is 0 Å². The molecular formula is C13H16O5. The van der Waals surface area contributed by atoms with Gasteiger partial charge in [-0.15, -0.1) is 0 Å². The Morgan fingerprint density at radius 3 is 2.89 bits per heavy atom. The molecule has 0 radical (unpaired) electrons. The Bertz CT molecular complexity index is 439. The highest BCUT2D eigenvalue weighted by Crippen LogP contribution is 2.62. The van der Waals surface area contributed by atoms with E-state index in [0.717, 1.165) is 0 Å². The molecule has 0 unspecified atom stereocenters. The predicted octanol–water partition coefficient (Wildman–Crippen LogP) is 1.13. The fraction of sp³-hybridized carbons (Fsp3) is 0.769. The van der Waals surface area contributed by atoms with Gasteiger partial charge < -0.3 is 18.9 Å². The minimum absolute atomic E-state index is 0.108.